The molecule has 2 aliphatic heterocycles. The summed E-state index contributed by atoms with van der Waals surface area (Å²) < 4.78 is 7.67. The molecule has 6 nitrogen and oxygen atoms in total. The molecule has 1 fully saturated rings. The third-order valence-electron chi connectivity index (χ3n) is 6.67. The van der Waals surface area contributed by atoms with Crippen LogP contribution in [0.1, 0.15) is 45.1 Å². The van der Waals surface area contributed by atoms with Crippen molar-refractivity contribution in [3.63, 3.8) is 0 Å². The SMILES string of the molecule is CCCCOc1ccc(-c2nn(-c3ccccc3)cc2/C=C2\SC(N3CCC(C)CC3)=NC2=O)cc1Cl. The van der Waals surface area contributed by atoms with Gasteiger partial charge in [0.25, 0.3) is 5.91 Å². The maximum Gasteiger partial charge on any atom is 0.286 e. The van der Waals surface area contributed by atoms with E-state index in [1.165, 1.54) is 11.8 Å². The number of ether oxygens (including phenoxy) is 1. The van der Waals surface area contributed by atoms with Crippen molar-refractivity contribution in [2.75, 3.05) is 19.7 Å². The molecule has 5 rings (SSSR count). The van der Waals surface area contributed by atoms with Gasteiger partial charge in [0.15, 0.2) is 5.17 Å². The van der Waals surface area contributed by atoms with E-state index >= 15 is 0 Å². The van der Waals surface area contributed by atoms with Gasteiger partial charge in [-0.15, -0.1) is 0 Å². The van der Waals surface area contributed by atoms with Crippen LogP contribution in [0.4, 0.5) is 0 Å². The minimum Gasteiger partial charge on any atom is -0.492 e. The van der Waals surface area contributed by atoms with Gasteiger partial charge in [-0.05, 0) is 73.4 Å². The average Bonchev–Trinajstić information content (AvgIpc) is 3.50. The first-order valence-corrected chi connectivity index (χ1v) is 14.1. The molecule has 0 saturated carbocycles. The Labute approximate surface area is 227 Å². The van der Waals surface area contributed by atoms with Crippen LogP contribution in [0.5, 0.6) is 5.75 Å². The highest BCUT2D eigenvalue weighted by Gasteiger charge is 2.29. The van der Waals surface area contributed by atoms with Gasteiger partial charge in [0.1, 0.15) is 11.4 Å². The quantitative estimate of drug-likeness (QED) is 0.239. The van der Waals surface area contributed by atoms with Crippen LogP contribution in [-0.2, 0) is 4.79 Å². The van der Waals surface area contributed by atoms with Crippen molar-refractivity contribution in [1.82, 2.24) is 14.7 Å². The van der Waals surface area contributed by atoms with Gasteiger partial charge in [0.05, 0.1) is 22.2 Å². The average molecular weight is 535 g/mol. The number of piperidine rings is 1. The fourth-order valence-corrected chi connectivity index (χ4v) is 5.59. The summed E-state index contributed by atoms with van der Waals surface area (Å²) >= 11 is 8.04. The molecular weight excluding hydrogens is 504 g/mol. The van der Waals surface area contributed by atoms with Crippen LogP contribution in [0.3, 0.4) is 0 Å². The summed E-state index contributed by atoms with van der Waals surface area (Å²) in [5, 5.41) is 6.23. The lowest BCUT2D eigenvalue weighted by atomic mass is 10.00. The Kier molecular flexibility index (Phi) is 8.01. The van der Waals surface area contributed by atoms with Gasteiger partial charge in [-0.25, -0.2) is 4.68 Å². The van der Waals surface area contributed by atoms with E-state index in [2.05, 4.69) is 23.7 Å². The highest BCUT2D eigenvalue weighted by Crippen LogP contribution is 2.36. The number of thioether (sulfide) groups is 1. The normalized spacial score (nSPS) is 17.5. The Morgan fingerprint density at radius 3 is 2.68 bits per heavy atom. The van der Waals surface area contributed by atoms with E-state index < -0.39 is 0 Å². The summed E-state index contributed by atoms with van der Waals surface area (Å²) in [4.78, 5) is 20.1. The number of halogens is 1. The molecule has 192 valence electrons. The fourth-order valence-electron chi connectivity index (χ4n) is 4.40. The van der Waals surface area contributed by atoms with Crippen LogP contribution in [0.15, 0.2) is 64.6 Å². The zero-order valence-electron chi connectivity index (χ0n) is 21.2. The number of para-hydroxylation sites is 1. The highest BCUT2D eigenvalue weighted by molar-refractivity contribution is 8.18. The number of unbranched alkanes of at least 4 members (excludes halogenated alkanes) is 1. The van der Waals surface area contributed by atoms with Crippen LogP contribution in [0.25, 0.3) is 23.0 Å². The first kappa shape index (κ1) is 25.6. The maximum absolute atomic E-state index is 12.9. The molecular formula is C29H31ClN4O2S. The summed E-state index contributed by atoms with van der Waals surface area (Å²) in [5.74, 6) is 1.18. The number of rotatable bonds is 7. The van der Waals surface area contributed by atoms with Crippen LogP contribution in [0.2, 0.25) is 5.02 Å². The first-order chi connectivity index (χ1) is 18.0. The van der Waals surface area contributed by atoms with Crippen molar-refractivity contribution >= 4 is 40.5 Å². The predicted molar refractivity (Wildman–Crippen MR) is 152 cm³/mol. The molecule has 0 bridgehead atoms. The molecule has 37 heavy (non-hydrogen) atoms. The van der Waals surface area contributed by atoms with Crippen molar-refractivity contribution < 1.29 is 9.53 Å². The van der Waals surface area contributed by atoms with Crippen molar-refractivity contribution in [1.29, 1.82) is 0 Å². The Hall–Kier alpha value is -3.03. The second kappa shape index (κ2) is 11.6. The molecule has 0 unspecified atom stereocenters. The minimum atomic E-state index is -0.199. The first-order valence-electron chi connectivity index (χ1n) is 12.9. The van der Waals surface area contributed by atoms with E-state index in [9.17, 15) is 4.79 Å². The zero-order chi connectivity index (χ0) is 25.8. The molecule has 0 spiro atoms. The topological polar surface area (TPSA) is 59.7 Å². The highest BCUT2D eigenvalue weighted by atomic mass is 35.5. The number of aliphatic imine (C=N–C) groups is 1. The third-order valence-corrected chi connectivity index (χ3v) is 8.01. The molecule has 0 aliphatic carbocycles. The molecule has 1 aromatic heterocycles. The van der Waals surface area contributed by atoms with E-state index in [0.717, 1.165) is 72.4 Å². The second-order valence-electron chi connectivity index (χ2n) is 9.54. The molecule has 2 aliphatic rings. The monoisotopic (exact) mass is 534 g/mol. The fraction of sp³-hybridized carbons (Fsp3) is 0.345. The number of nitrogens with zero attached hydrogens (tertiary/aromatic N) is 4. The van der Waals surface area contributed by atoms with Crippen molar-refractivity contribution in [3.05, 3.63) is 70.2 Å². The number of amides is 1. The number of hydrogen-bond donors (Lipinski definition) is 0. The van der Waals surface area contributed by atoms with Crippen LogP contribution in [0, 0.1) is 5.92 Å². The van der Waals surface area contributed by atoms with Gasteiger partial charge in [-0.2, -0.15) is 10.1 Å². The summed E-state index contributed by atoms with van der Waals surface area (Å²) in [7, 11) is 0. The predicted octanol–water partition coefficient (Wildman–Crippen LogP) is 7.07. The van der Waals surface area contributed by atoms with Crippen LogP contribution >= 0.6 is 23.4 Å². The summed E-state index contributed by atoms with van der Waals surface area (Å²) in [5.41, 5.74) is 3.37. The maximum atomic E-state index is 12.9. The van der Waals surface area contributed by atoms with Crippen LogP contribution < -0.4 is 4.74 Å². The lowest BCUT2D eigenvalue weighted by Gasteiger charge is -2.30. The minimum absolute atomic E-state index is 0.199. The van der Waals surface area contributed by atoms with Gasteiger partial charge in [-0.3, -0.25) is 4.79 Å². The van der Waals surface area contributed by atoms with Gasteiger partial charge in [0.2, 0.25) is 0 Å². The summed E-state index contributed by atoms with van der Waals surface area (Å²) in [6, 6.07) is 15.7. The summed E-state index contributed by atoms with van der Waals surface area (Å²) in [6.45, 7) is 6.92. The second-order valence-corrected chi connectivity index (χ2v) is 11.0. The Balaban J connectivity index is 1.46. The molecule has 0 atom stereocenters. The van der Waals surface area contributed by atoms with E-state index in [4.69, 9.17) is 21.4 Å². The zero-order valence-corrected chi connectivity index (χ0v) is 22.8. The van der Waals surface area contributed by atoms with Gasteiger partial charge < -0.3 is 9.64 Å². The Morgan fingerprint density at radius 1 is 1.16 bits per heavy atom. The largest absolute Gasteiger partial charge is 0.492 e. The molecule has 1 amide bonds. The molecule has 8 heteroatoms. The lowest BCUT2D eigenvalue weighted by molar-refractivity contribution is -0.113. The van der Waals surface area contributed by atoms with Crippen molar-refractivity contribution in [2.45, 2.75) is 39.5 Å². The number of hydrogen-bond acceptors (Lipinski definition) is 5. The Morgan fingerprint density at radius 2 is 1.95 bits per heavy atom. The summed E-state index contributed by atoms with van der Waals surface area (Å²) in [6.07, 6.45) is 8.13. The third kappa shape index (κ3) is 5.94. The lowest BCUT2D eigenvalue weighted by Crippen LogP contribution is -2.35. The number of amidine groups is 1. The number of carbonyl (C=O) groups excluding carboxylic acids is 1. The number of carbonyl (C=O) groups is 1. The van der Waals surface area contributed by atoms with E-state index in [0.29, 0.717) is 22.3 Å². The molecule has 0 radical (unpaired) electrons. The number of likely N-dealkylation sites (tertiary alicyclic amines) is 1. The molecule has 2 aromatic carbocycles. The standard InChI is InChI=1S/C29H31ClN4O2S/c1-3-4-16-36-25-11-10-21(17-24(25)30)27-22(19-34(32-27)23-8-6-5-7-9-23)18-26-28(35)31-29(37-26)33-14-12-20(2)13-15-33/h5-11,17-20H,3-4,12-16H2,1-2H3/b26-18-. The van der Waals surface area contributed by atoms with E-state index in [-0.39, 0.29) is 5.91 Å². The van der Waals surface area contributed by atoms with Gasteiger partial charge >= 0.3 is 0 Å². The molecule has 3 heterocycles. The van der Waals surface area contributed by atoms with E-state index in [1.54, 1.807) is 0 Å². The molecule has 3 aromatic rings. The smallest absolute Gasteiger partial charge is 0.286 e. The van der Waals surface area contributed by atoms with Crippen LogP contribution in [-0.4, -0.2) is 45.5 Å². The molecule has 1 saturated heterocycles. The Bertz CT molecular complexity index is 1330. The van der Waals surface area contributed by atoms with E-state index in [1.807, 2.05) is 65.5 Å². The van der Waals surface area contributed by atoms with Gasteiger partial charge in [0, 0.05) is 30.4 Å². The van der Waals surface area contributed by atoms with Crippen molar-refractivity contribution in [3.8, 4) is 22.7 Å². The number of benzene rings is 2. The molecule has 0 N–H and O–H groups in total. The van der Waals surface area contributed by atoms with Crippen molar-refractivity contribution in [2.24, 2.45) is 10.9 Å². The number of aromatic nitrogens is 2. The van der Waals surface area contributed by atoms with Gasteiger partial charge in [-0.1, -0.05) is 50.1 Å².